The van der Waals surface area contributed by atoms with Gasteiger partial charge in [0.05, 0.1) is 24.8 Å². The Morgan fingerprint density at radius 1 is 1.13 bits per heavy atom. The Hall–Kier alpha value is -3.65. The van der Waals surface area contributed by atoms with Crippen molar-refractivity contribution in [2.45, 2.75) is 40.0 Å². The molecular weight excluding hydrogens is 482 g/mol. The Morgan fingerprint density at radius 2 is 1.84 bits per heavy atom. The van der Waals surface area contributed by atoms with Gasteiger partial charge in [0.25, 0.3) is 0 Å². The fourth-order valence-corrected chi connectivity index (χ4v) is 5.06. The number of amides is 2. The lowest BCUT2D eigenvalue weighted by Gasteiger charge is -2.37. The zero-order valence-corrected chi connectivity index (χ0v) is 23.0. The number of H-pyrrole nitrogens is 1. The van der Waals surface area contributed by atoms with Crippen LogP contribution >= 0.6 is 0 Å². The van der Waals surface area contributed by atoms with Crippen LogP contribution in [0.5, 0.6) is 11.5 Å². The first-order valence-electron chi connectivity index (χ1n) is 13.2. The lowest BCUT2D eigenvalue weighted by Crippen LogP contribution is -2.45. The van der Waals surface area contributed by atoms with E-state index in [1.54, 1.807) is 24.3 Å². The second kappa shape index (κ2) is 12.7. The second-order valence-corrected chi connectivity index (χ2v) is 9.44. The van der Waals surface area contributed by atoms with Crippen molar-refractivity contribution >= 4 is 28.5 Å². The van der Waals surface area contributed by atoms with Gasteiger partial charge in [0, 0.05) is 36.9 Å². The molecule has 0 aliphatic carbocycles. The van der Waals surface area contributed by atoms with Crippen LogP contribution in [0.1, 0.15) is 50.5 Å². The Morgan fingerprint density at radius 3 is 2.45 bits per heavy atom. The van der Waals surface area contributed by atoms with E-state index < -0.39 is 5.41 Å². The van der Waals surface area contributed by atoms with Crippen molar-refractivity contribution in [1.82, 2.24) is 14.8 Å². The van der Waals surface area contributed by atoms with E-state index in [4.69, 9.17) is 9.47 Å². The average Bonchev–Trinajstić information content (AvgIpc) is 3.44. The molecule has 2 aromatic rings. The molecule has 2 aliphatic rings. The Labute approximate surface area is 225 Å². The number of nitrogens with one attached hydrogen (secondary N) is 1. The topological polar surface area (TPSA) is 91.9 Å². The molecule has 0 atom stereocenters. The Balaban J connectivity index is 0.00000195. The van der Waals surface area contributed by atoms with E-state index in [0.29, 0.717) is 30.0 Å². The minimum Gasteiger partial charge on any atom is -0.493 e. The van der Waals surface area contributed by atoms with Crippen molar-refractivity contribution in [2.75, 3.05) is 39.9 Å². The maximum atomic E-state index is 13.3. The van der Waals surface area contributed by atoms with E-state index in [9.17, 15) is 14.4 Å². The number of methoxy groups -OCH3 is 1. The van der Waals surface area contributed by atoms with Gasteiger partial charge in [0.1, 0.15) is 6.61 Å². The number of carbonyl (C=O) groups is 3. The molecule has 1 spiro atoms. The van der Waals surface area contributed by atoms with E-state index in [1.807, 2.05) is 26.0 Å². The van der Waals surface area contributed by atoms with Gasteiger partial charge in [-0.3, -0.25) is 24.2 Å². The molecular formula is C30H39N3O5. The van der Waals surface area contributed by atoms with Gasteiger partial charge >= 0.3 is 0 Å². The standard InChI is InChI=1S/C28H33N3O5.C2H6/c1-5-7-20(6-2)18-30-10-8-28(9-11-30)17-26(33)31(27(28)34)12-13-36-25-15-21-14-22(19(3)32)29-23(21)16-24(25)35-4;1-2/h5-7,14-16,29H,1-2,8-13,17-18H2,3-4H3;1-2H3/b20-7+;. The molecule has 1 aromatic carbocycles. The number of nitrogens with zero attached hydrogens (tertiary/aromatic N) is 2. The molecule has 2 saturated heterocycles. The smallest absolute Gasteiger partial charge is 0.236 e. The third-order valence-electron chi connectivity index (χ3n) is 7.16. The summed E-state index contributed by atoms with van der Waals surface area (Å²) in [7, 11) is 1.54. The van der Waals surface area contributed by atoms with Crippen LogP contribution in [0.25, 0.3) is 10.9 Å². The quantitative estimate of drug-likeness (QED) is 0.271. The number of fused-ring (bicyclic) bond motifs is 1. The normalized spacial score (nSPS) is 17.4. The lowest BCUT2D eigenvalue weighted by atomic mass is 9.77. The van der Waals surface area contributed by atoms with Gasteiger partial charge in [-0.25, -0.2) is 0 Å². The summed E-state index contributed by atoms with van der Waals surface area (Å²) in [4.78, 5) is 44.5. The van der Waals surface area contributed by atoms with Gasteiger partial charge < -0.3 is 14.5 Å². The van der Waals surface area contributed by atoms with Crippen LogP contribution in [-0.4, -0.2) is 72.3 Å². The number of aromatic amines is 1. The first-order valence-corrected chi connectivity index (χ1v) is 13.2. The van der Waals surface area contributed by atoms with Crippen LogP contribution in [-0.2, 0) is 9.59 Å². The summed E-state index contributed by atoms with van der Waals surface area (Å²) in [5.74, 6) is 0.696. The van der Waals surface area contributed by atoms with Crippen molar-refractivity contribution in [2.24, 2.45) is 5.41 Å². The molecule has 38 heavy (non-hydrogen) atoms. The number of benzene rings is 1. The number of hydrogen-bond acceptors (Lipinski definition) is 6. The maximum absolute atomic E-state index is 13.3. The predicted molar refractivity (Wildman–Crippen MR) is 150 cm³/mol. The van der Waals surface area contributed by atoms with Crippen molar-refractivity contribution < 1.29 is 23.9 Å². The van der Waals surface area contributed by atoms with Gasteiger partial charge in [-0.05, 0) is 43.6 Å². The molecule has 8 nitrogen and oxygen atoms in total. The highest BCUT2D eigenvalue weighted by Crippen LogP contribution is 2.42. The molecule has 0 radical (unpaired) electrons. The fourth-order valence-electron chi connectivity index (χ4n) is 5.06. The molecule has 2 fully saturated rings. The van der Waals surface area contributed by atoms with Gasteiger partial charge in [0.2, 0.25) is 11.8 Å². The van der Waals surface area contributed by atoms with Crippen molar-refractivity contribution in [3.8, 4) is 11.5 Å². The molecule has 2 amide bonds. The van der Waals surface area contributed by atoms with Crippen LogP contribution < -0.4 is 9.47 Å². The second-order valence-electron chi connectivity index (χ2n) is 9.44. The van der Waals surface area contributed by atoms with E-state index in [0.717, 1.165) is 36.1 Å². The molecule has 0 bridgehead atoms. The number of hydrogen-bond donors (Lipinski definition) is 1. The van der Waals surface area contributed by atoms with E-state index in [1.165, 1.54) is 18.9 Å². The highest BCUT2D eigenvalue weighted by molar-refractivity contribution is 6.06. The zero-order chi connectivity index (χ0) is 27.9. The van der Waals surface area contributed by atoms with Crippen molar-refractivity contribution in [3.63, 3.8) is 0 Å². The molecule has 4 rings (SSSR count). The number of aromatic nitrogens is 1. The summed E-state index contributed by atoms with van der Waals surface area (Å²) in [6, 6.07) is 5.33. The first-order chi connectivity index (χ1) is 18.3. The highest BCUT2D eigenvalue weighted by Gasteiger charge is 2.52. The molecule has 2 aliphatic heterocycles. The molecule has 204 valence electrons. The number of likely N-dealkylation sites (tertiary alicyclic amines) is 2. The summed E-state index contributed by atoms with van der Waals surface area (Å²) in [6.45, 7) is 15.7. The van der Waals surface area contributed by atoms with Crippen LogP contribution in [0.4, 0.5) is 0 Å². The first kappa shape index (κ1) is 28.9. The Bertz CT molecular complexity index is 1230. The number of ketones is 1. The number of piperidine rings is 1. The number of carbonyl (C=O) groups excluding carboxylic acids is 3. The number of ether oxygens (including phenoxy) is 2. The summed E-state index contributed by atoms with van der Waals surface area (Å²) >= 11 is 0. The number of Topliss-reactive ketones (excluding diaryl/α,β-unsaturated/α-hetero) is 1. The maximum Gasteiger partial charge on any atom is 0.236 e. The number of rotatable bonds is 10. The summed E-state index contributed by atoms with van der Waals surface area (Å²) in [5.41, 5.74) is 1.74. The summed E-state index contributed by atoms with van der Waals surface area (Å²) in [6.07, 6.45) is 7.07. The monoisotopic (exact) mass is 521 g/mol. The van der Waals surface area contributed by atoms with Crippen LogP contribution in [0.3, 0.4) is 0 Å². The van der Waals surface area contributed by atoms with Crippen molar-refractivity contribution in [1.29, 1.82) is 0 Å². The highest BCUT2D eigenvalue weighted by atomic mass is 16.5. The molecule has 3 heterocycles. The average molecular weight is 522 g/mol. The molecule has 1 aromatic heterocycles. The molecule has 0 unspecified atom stereocenters. The van der Waals surface area contributed by atoms with E-state index in [2.05, 4.69) is 23.0 Å². The summed E-state index contributed by atoms with van der Waals surface area (Å²) in [5, 5.41) is 0.817. The van der Waals surface area contributed by atoms with Crippen LogP contribution in [0.15, 0.2) is 55.2 Å². The van der Waals surface area contributed by atoms with Gasteiger partial charge in [-0.15, -0.1) is 0 Å². The lowest BCUT2D eigenvalue weighted by molar-refractivity contribution is -0.143. The zero-order valence-electron chi connectivity index (χ0n) is 23.0. The van der Waals surface area contributed by atoms with Gasteiger partial charge in [-0.2, -0.15) is 0 Å². The van der Waals surface area contributed by atoms with Crippen LogP contribution in [0, 0.1) is 5.41 Å². The van der Waals surface area contributed by atoms with Crippen molar-refractivity contribution in [3.05, 3.63) is 60.9 Å². The van der Waals surface area contributed by atoms with Crippen LogP contribution in [0.2, 0.25) is 0 Å². The fraction of sp³-hybridized carbons (Fsp3) is 0.433. The third kappa shape index (κ3) is 6.07. The third-order valence-corrected chi connectivity index (χ3v) is 7.16. The predicted octanol–water partition coefficient (Wildman–Crippen LogP) is 4.92. The van der Waals surface area contributed by atoms with E-state index >= 15 is 0 Å². The minimum absolute atomic E-state index is 0.0622. The SMILES string of the molecule is C=C/C=C(\C=C)CN1CCC2(CC1)CC(=O)N(CCOc1cc3cc(C(C)=O)[nH]c3cc1OC)C2=O.CC. The molecule has 0 saturated carbocycles. The van der Waals surface area contributed by atoms with Gasteiger partial charge in [-0.1, -0.05) is 45.2 Å². The molecule has 1 N–H and O–H groups in total. The number of imide groups is 1. The summed E-state index contributed by atoms with van der Waals surface area (Å²) < 4.78 is 11.4. The van der Waals surface area contributed by atoms with E-state index in [-0.39, 0.29) is 37.2 Å². The van der Waals surface area contributed by atoms with Gasteiger partial charge in [0.15, 0.2) is 17.3 Å². The largest absolute Gasteiger partial charge is 0.493 e. The number of allylic oxidation sites excluding steroid dienone is 2. The Kier molecular flexibility index (Phi) is 9.69. The molecule has 8 heteroatoms. The minimum atomic E-state index is -0.616.